The number of benzene rings is 1. The average molecular weight is 458 g/mol. The molecule has 5 rings (SSSR count). The number of non-ortho nitro benzene ring substituents is 1. The molecule has 1 aromatic carbocycles. The van der Waals surface area contributed by atoms with E-state index < -0.39 is 0 Å². The second-order valence-corrected chi connectivity index (χ2v) is 9.82. The minimum Gasteiger partial charge on any atom is -0.379 e. The quantitative estimate of drug-likeness (QED) is 0.513. The monoisotopic (exact) mass is 457 g/mol. The van der Waals surface area contributed by atoms with E-state index in [0.29, 0.717) is 19.0 Å². The smallest absolute Gasteiger partial charge is 0.269 e. The zero-order valence-electron chi connectivity index (χ0n) is 19.3. The second kappa shape index (κ2) is 9.95. The topological polar surface area (TPSA) is 91.2 Å². The summed E-state index contributed by atoms with van der Waals surface area (Å²) in [5.74, 6) is -0.128. The van der Waals surface area contributed by atoms with Gasteiger partial charge in [0.25, 0.3) is 5.69 Å². The first-order valence-corrected chi connectivity index (χ1v) is 12.5. The molecule has 0 spiro atoms. The van der Waals surface area contributed by atoms with Crippen LogP contribution >= 0.6 is 0 Å². The molecule has 2 unspecified atom stereocenters. The van der Waals surface area contributed by atoms with Crippen molar-refractivity contribution in [3.05, 3.63) is 33.9 Å². The van der Waals surface area contributed by atoms with Gasteiger partial charge in [0.05, 0.1) is 30.1 Å². The Labute approximate surface area is 195 Å². The van der Waals surface area contributed by atoms with E-state index in [0.717, 1.165) is 63.7 Å². The fraction of sp³-hybridized carbons (Fsp3) is 0.708. The molecule has 0 bridgehead atoms. The predicted octanol–water partition coefficient (Wildman–Crippen LogP) is 1.65. The summed E-state index contributed by atoms with van der Waals surface area (Å²) in [5, 5.41) is 14.5. The molecule has 1 aliphatic carbocycles. The number of hydrogen-bond acceptors (Lipinski definition) is 7. The Bertz CT molecular complexity index is 868. The van der Waals surface area contributed by atoms with E-state index in [9.17, 15) is 14.9 Å². The molecule has 0 radical (unpaired) electrons. The molecule has 4 aliphatic rings. The average Bonchev–Trinajstić information content (AvgIpc) is 3.38. The number of hydrogen-bond donors (Lipinski definition) is 1. The Morgan fingerprint density at radius 3 is 2.70 bits per heavy atom. The lowest BCUT2D eigenvalue weighted by molar-refractivity contribution is -0.384. The minimum absolute atomic E-state index is 0.0729. The first-order valence-electron chi connectivity index (χ1n) is 12.5. The Hall–Kier alpha value is -2.23. The molecular formula is C24H35N5O4. The molecule has 1 aromatic rings. The van der Waals surface area contributed by atoms with Crippen LogP contribution in [0, 0.1) is 16.0 Å². The van der Waals surface area contributed by atoms with Crippen molar-refractivity contribution < 1.29 is 14.5 Å². The lowest BCUT2D eigenvalue weighted by atomic mass is 9.83. The summed E-state index contributed by atoms with van der Waals surface area (Å²) in [4.78, 5) is 31.7. The van der Waals surface area contributed by atoms with Crippen molar-refractivity contribution >= 4 is 17.3 Å². The van der Waals surface area contributed by atoms with Crippen molar-refractivity contribution in [2.75, 3.05) is 63.9 Å². The highest BCUT2D eigenvalue weighted by atomic mass is 16.6. The third-order valence-corrected chi connectivity index (χ3v) is 7.95. The fourth-order valence-electron chi connectivity index (χ4n) is 6.14. The Morgan fingerprint density at radius 2 is 1.94 bits per heavy atom. The minimum atomic E-state index is -0.345. The van der Waals surface area contributed by atoms with E-state index in [4.69, 9.17) is 4.74 Å². The van der Waals surface area contributed by atoms with Gasteiger partial charge in [0.15, 0.2) is 0 Å². The van der Waals surface area contributed by atoms with E-state index in [-0.39, 0.29) is 28.5 Å². The van der Waals surface area contributed by atoms with Crippen LogP contribution in [0.1, 0.15) is 31.2 Å². The largest absolute Gasteiger partial charge is 0.379 e. The van der Waals surface area contributed by atoms with E-state index in [1.54, 1.807) is 12.1 Å². The summed E-state index contributed by atoms with van der Waals surface area (Å²) in [6, 6.07) is 5.90. The first kappa shape index (κ1) is 22.6. The van der Waals surface area contributed by atoms with Gasteiger partial charge in [-0.1, -0.05) is 12.8 Å². The third-order valence-electron chi connectivity index (χ3n) is 7.95. The van der Waals surface area contributed by atoms with Gasteiger partial charge in [-0.05, 0) is 30.9 Å². The number of carbonyl (C=O) groups is 1. The van der Waals surface area contributed by atoms with Crippen molar-refractivity contribution in [1.82, 2.24) is 15.1 Å². The molecule has 3 fully saturated rings. The number of nitro groups is 1. The van der Waals surface area contributed by atoms with Gasteiger partial charge in [-0.3, -0.25) is 24.7 Å². The summed E-state index contributed by atoms with van der Waals surface area (Å²) in [6.45, 7) is 7.50. The number of fused-ring (bicyclic) bond motifs is 3. The highest BCUT2D eigenvalue weighted by molar-refractivity contribution is 5.82. The number of piperazine rings is 1. The number of amides is 1. The maximum Gasteiger partial charge on any atom is 0.269 e. The van der Waals surface area contributed by atoms with Crippen LogP contribution in [-0.4, -0.2) is 91.7 Å². The summed E-state index contributed by atoms with van der Waals surface area (Å²) in [6.07, 6.45) is 5.67. The highest BCUT2D eigenvalue weighted by Gasteiger charge is 2.43. The van der Waals surface area contributed by atoms with Gasteiger partial charge in [0.2, 0.25) is 5.91 Å². The predicted molar refractivity (Wildman–Crippen MR) is 126 cm³/mol. The number of nitrogens with zero attached hydrogens (tertiary/aromatic N) is 4. The van der Waals surface area contributed by atoms with E-state index >= 15 is 0 Å². The zero-order valence-corrected chi connectivity index (χ0v) is 19.3. The highest BCUT2D eigenvalue weighted by Crippen LogP contribution is 2.39. The van der Waals surface area contributed by atoms with Crippen molar-refractivity contribution in [3.63, 3.8) is 0 Å². The van der Waals surface area contributed by atoms with Gasteiger partial charge < -0.3 is 15.0 Å². The van der Waals surface area contributed by atoms with Crippen molar-refractivity contribution in [2.45, 2.75) is 44.2 Å². The van der Waals surface area contributed by atoms with Crippen LogP contribution in [0.2, 0.25) is 0 Å². The molecule has 0 aromatic heterocycles. The van der Waals surface area contributed by atoms with Gasteiger partial charge >= 0.3 is 0 Å². The Balaban J connectivity index is 1.32. The molecule has 180 valence electrons. The SMILES string of the molecule is O=C(NCCN1CCOCC1)C1Cc2cc([N+](=O)[O-])ccc2N2CCN(C3CCCC3)CC12. The van der Waals surface area contributed by atoms with Gasteiger partial charge in [0.1, 0.15) is 0 Å². The zero-order chi connectivity index (χ0) is 22.8. The molecule has 2 saturated heterocycles. The number of ether oxygens (including phenoxy) is 1. The molecule has 9 nitrogen and oxygen atoms in total. The molecule has 1 N–H and O–H groups in total. The molecule has 9 heteroatoms. The lowest BCUT2D eigenvalue weighted by Crippen LogP contribution is -2.62. The summed E-state index contributed by atoms with van der Waals surface area (Å²) in [5.41, 5.74) is 2.08. The molecule has 33 heavy (non-hydrogen) atoms. The van der Waals surface area contributed by atoms with Crippen LogP contribution < -0.4 is 10.2 Å². The van der Waals surface area contributed by atoms with E-state index in [1.165, 1.54) is 25.7 Å². The Kier molecular flexibility index (Phi) is 6.80. The molecule has 3 heterocycles. The van der Waals surface area contributed by atoms with E-state index in [1.807, 2.05) is 6.07 Å². The van der Waals surface area contributed by atoms with Gasteiger partial charge in [0, 0.05) is 69.7 Å². The molecule has 1 amide bonds. The fourth-order valence-corrected chi connectivity index (χ4v) is 6.14. The van der Waals surface area contributed by atoms with Crippen molar-refractivity contribution in [1.29, 1.82) is 0 Å². The van der Waals surface area contributed by atoms with Crippen molar-refractivity contribution in [3.8, 4) is 0 Å². The van der Waals surface area contributed by atoms with Crippen LogP contribution in [0.25, 0.3) is 0 Å². The molecule has 3 aliphatic heterocycles. The summed E-state index contributed by atoms with van der Waals surface area (Å²) >= 11 is 0. The van der Waals surface area contributed by atoms with Crippen LogP contribution in [0.3, 0.4) is 0 Å². The van der Waals surface area contributed by atoms with Crippen LogP contribution in [0.4, 0.5) is 11.4 Å². The number of carbonyl (C=O) groups excluding carboxylic acids is 1. The van der Waals surface area contributed by atoms with Gasteiger partial charge in [-0.15, -0.1) is 0 Å². The van der Waals surface area contributed by atoms with Crippen LogP contribution in [0.5, 0.6) is 0 Å². The normalized spacial score (nSPS) is 26.6. The number of rotatable bonds is 6. The molecule has 2 atom stereocenters. The van der Waals surface area contributed by atoms with Crippen LogP contribution in [-0.2, 0) is 16.0 Å². The number of morpholine rings is 1. The standard InChI is InChI=1S/C24H35N5O4/c30-24(25-7-8-26-11-13-33-14-12-26)21-16-18-15-20(29(31)32)5-6-22(18)28-10-9-27(17-23(21)28)19-3-1-2-4-19/h5-6,15,19,21,23H,1-4,7-14,16-17H2,(H,25,30). The third kappa shape index (κ3) is 4.85. The first-order chi connectivity index (χ1) is 16.1. The summed E-state index contributed by atoms with van der Waals surface area (Å²) in [7, 11) is 0. The molecule has 1 saturated carbocycles. The molecular weight excluding hydrogens is 422 g/mol. The second-order valence-electron chi connectivity index (χ2n) is 9.82. The number of anilines is 1. The maximum atomic E-state index is 13.4. The van der Waals surface area contributed by atoms with Gasteiger partial charge in [-0.2, -0.15) is 0 Å². The Morgan fingerprint density at radius 1 is 1.15 bits per heavy atom. The summed E-state index contributed by atoms with van der Waals surface area (Å²) < 4.78 is 5.41. The van der Waals surface area contributed by atoms with E-state index in [2.05, 4.69) is 20.0 Å². The lowest BCUT2D eigenvalue weighted by Gasteiger charge is -2.50. The maximum absolute atomic E-state index is 13.4. The van der Waals surface area contributed by atoms with Crippen molar-refractivity contribution in [2.24, 2.45) is 5.92 Å². The van der Waals surface area contributed by atoms with Gasteiger partial charge in [-0.25, -0.2) is 0 Å². The van der Waals surface area contributed by atoms with Crippen LogP contribution in [0.15, 0.2) is 18.2 Å². The number of nitro benzene ring substituents is 1. The number of nitrogens with one attached hydrogen (secondary N) is 1.